The molecule has 1 aromatic carbocycles. The summed E-state index contributed by atoms with van der Waals surface area (Å²) in [7, 11) is 0. The van der Waals surface area contributed by atoms with Gasteiger partial charge in [0.25, 0.3) is 0 Å². The third-order valence-corrected chi connectivity index (χ3v) is 3.40. The SMILES string of the molecule is CCOC(=O)c1ccc(NC(=O)C(C)N(CC)CC)cc1. The van der Waals surface area contributed by atoms with E-state index in [0.29, 0.717) is 17.9 Å². The number of rotatable bonds is 7. The molecule has 1 amide bonds. The fourth-order valence-electron chi connectivity index (χ4n) is 2.09. The average molecular weight is 292 g/mol. The number of carbonyl (C=O) groups excluding carboxylic acids is 2. The van der Waals surface area contributed by atoms with Gasteiger partial charge < -0.3 is 10.1 Å². The van der Waals surface area contributed by atoms with Crippen LogP contribution in [0.4, 0.5) is 5.69 Å². The van der Waals surface area contributed by atoms with Crippen molar-refractivity contribution >= 4 is 17.6 Å². The standard InChI is InChI=1S/C16H24N2O3/c1-5-18(6-2)12(4)15(19)17-14-10-8-13(9-11-14)16(20)21-7-3/h8-12H,5-7H2,1-4H3,(H,17,19). The third kappa shape index (κ3) is 4.86. The largest absolute Gasteiger partial charge is 0.462 e. The first-order valence-corrected chi connectivity index (χ1v) is 7.35. The minimum Gasteiger partial charge on any atom is -0.462 e. The van der Waals surface area contributed by atoms with E-state index in [1.54, 1.807) is 31.2 Å². The molecule has 116 valence electrons. The number of ether oxygens (including phenoxy) is 1. The topological polar surface area (TPSA) is 58.6 Å². The van der Waals surface area contributed by atoms with Crippen LogP contribution in [0.3, 0.4) is 0 Å². The maximum atomic E-state index is 12.1. The van der Waals surface area contributed by atoms with Gasteiger partial charge in [0.15, 0.2) is 0 Å². The highest BCUT2D eigenvalue weighted by molar-refractivity contribution is 5.95. The zero-order chi connectivity index (χ0) is 15.8. The van der Waals surface area contributed by atoms with Crippen LogP contribution in [-0.4, -0.2) is 42.5 Å². The van der Waals surface area contributed by atoms with Gasteiger partial charge in [0.1, 0.15) is 0 Å². The van der Waals surface area contributed by atoms with E-state index in [1.165, 1.54) is 0 Å². The van der Waals surface area contributed by atoms with Gasteiger partial charge >= 0.3 is 5.97 Å². The Balaban J connectivity index is 2.67. The third-order valence-electron chi connectivity index (χ3n) is 3.40. The summed E-state index contributed by atoms with van der Waals surface area (Å²) in [5.41, 5.74) is 1.15. The Labute approximate surface area is 126 Å². The molecular formula is C16H24N2O3. The number of amides is 1. The maximum Gasteiger partial charge on any atom is 0.338 e. The summed E-state index contributed by atoms with van der Waals surface area (Å²) in [6.45, 7) is 9.71. The van der Waals surface area contributed by atoms with Gasteiger partial charge in [-0.05, 0) is 51.2 Å². The molecule has 1 unspecified atom stereocenters. The van der Waals surface area contributed by atoms with Crippen molar-refractivity contribution in [3.05, 3.63) is 29.8 Å². The number of nitrogens with one attached hydrogen (secondary N) is 1. The van der Waals surface area contributed by atoms with Crippen LogP contribution in [0, 0.1) is 0 Å². The van der Waals surface area contributed by atoms with Crippen molar-refractivity contribution in [3.8, 4) is 0 Å². The second-order valence-corrected chi connectivity index (χ2v) is 4.68. The van der Waals surface area contributed by atoms with Gasteiger partial charge in [0, 0.05) is 5.69 Å². The molecule has 0 radical (unpaired) electrons. The van der Waals surface area contributed by atoms with Crippen molar-refractivity contribution in [1.29, 1.82) is 0 Å². The quantitative estimate of drug-likeness (QED) is 0.785. The van der Waals surface area contributed by atoms with Crippen LogP contribution in [0.1, 0.15) is 38.1 Å². The Morgan fingerprint density at radius 3 is 2.19 bits per heavy atom. The first kappa shape index (κ1) is 17.2. The number of carbonyl (C=O) groups is 2. The zero-order valence-corrected chi connectivity index (χ0v) is 13.2. The van der Waals surface area contributed by atoms with E-state index < -0.39 is 0 Å². The molecule has 1 rings (SSSR count). The molecule has 0 saturated heterocycles. The fourth-order valence-corrected chi connectivity index (χ4v) is 2.09. The lowest BCUT2D eigenvalue weighted by molar-refractivity contribution is -0.120. The first-order valence-electron chi connectivity index (χ1n) is 7.35. The second kappa shape index (κ2) is 8.42. The molecule has 1 atom stereocenters. The summed E-state index contributed by atoms with van der Waals surface area (Å²) in [6.07, 6.45) is 0. The molecule has 0 aromatic heterocycles. The predicted octanol–water partition coefficient (Wildman–Crippen LogP) is 2.53. The lowest BCUT2D eigenvalue weighted by Gasteiger charge is -2.25. The minimum absolute atomic E-state index is 0.0532. The number of benzene rings is 1. The van der Waals surface area contributed by atoms with E-state index in [0.717, 1.165) is 13.1 Å². The average Bonchev–Trinajstić information content (AvgIpc) is 2.49. The minimum atomic E-state index is -0.355. The van der Waals surface area contributed by atoms with Gasteiger partial charge in [-0.25, -0.2) is 4.79 Å². The molecule has 5 heteroatoms. The van der Waals surface area contributed by atoms with Gasteiger partial charge in [-0.3, -0.25) is 9.69 Å². The van der Waals surface area contributed by atoms with E-state index in [1.807, 2.05) is 20.8 Å². The van der Waals surface area contributed by atoms with Gasteiger partial charge in [0.05, 0.1) is 18.2 Å². The Morgan fingerprint density at radius 2 is 1.71 bits per heavy atom. The number of likely N-dealkylation sites (N-methyl/N-ethyl adjacent to an activating group) is 1. The fraction of sp³-hybridized carbons (Fsp3) is 0.500. The highest BCUT2D eigenvalue weighted by Gasteiger charge is 2.18. The van der Waals surface area contributed by atoms with E-state index >= 15 is 0 Å². The normalized spacial score (nSPS) is 12.0. The molecule has 5 nitrogen and oxygen atoms in total. The lowest BCUT2D eigenvalue weighted by atomic mass is 10.2. The molecule has 0 aliphatic carbocycles. The number of hydrogen-bond donors (Lipinski definition) is 1. The van der Waals surface area contributed by atoms with Gasteiger partial charge in [-0.1, -0.05) is 13.8 Å². The van der Waals surface area contributed by atoms with Gasteiger partial charge in [0.2, 0.25) is 5.91 Å². The molecule has 0 aliphatic rings. The molecule has 0 saturated carbocycles. The summed E-state index contributed by atoms with van der Waals surface area (Å²) < 4.78 is 4.91. The lowest BCUT2D eigenvalue weighted by Crippen LogP contribution is -2.41. The molecule has 0 bridgehead atoms. The summed E-state index contributed by atoms with van der Waals surface area (Å²) in [6, 6.07) is 6.52. The highest BCUT2D eigenvalue weighted by Crippen LogP contribution is 2.12. The van der Waals surface area contributed by atoms with Crippen molar-refractivity contribution < 1.29 is 14.3 Å². The molecule has 1 N–H and O–H groups in total. The summed E-state index contributed by atoms with van der Waals surface area (Å²) >= 11 is 0. The monoisotopic (exact) mass is 292 g/mol. The van der Waals surface area contributed by atoms with E-state index in [4.69, 9.17) is 4.74 Å². The number of esters is 1. The highest BCUT2D eigenvalue weighted by atomic mass is 16.5. The van der Waals surface area contributed by atoms with Crippen LogP contribution in [0.5, 0.6) is 0 Å². The summed E-state index contributed by atoms with van der Waals surface area (Å²) in [5, 5.41) is 2.86. The molecule has 0 aliphatic heterocycles. The molecule has 0 spiro atoms. The van der Waals surface area contributed by atoms with E-state index in [9.17, 15) is 9.59 Å². The van der Waals surface area contributed by atoms with Crippen molar-refractivity contribution in [2.24, 2.45) is 0 Å². The van der Waals surface area contributed by atoms with E-state index in [2.05, 4.69) is 10.2 Å². The Kier molecular flexibility index (Phi) is 6.88. The smallest absolute Gasteiger partial charge is 0.338 e. The van der Waals surface area contributed by atoms with Crippen LogP contribution in [0.2, 0.25) is 0 Å². The summed E-state index contributed by atoms with van der Waals surface area (Å²) in [4.78, 5) is 25.8. The van der Waals surface area contributed by atoms with E-state index in [-0.39, 0.29) is 17.9 Å². The molecule has 1 aromatic rings. The van der Waals surface area contributed by atoms with Crippen LogP contribution in [-0.2, 0) is 9.53 Å². The van der Waals surface area contributed by atoms with Crippen LogP contribution in [0.25, 0.3) is 0 Å². The Bertz CT molecular complexity index is 467. The Morgan fingerprint density at radius 1 is 1.14 bits per heavy atom. The molecule has 21 heavy (non-hydrogen) atoms. The molecular weight excluding hydrogens is 268 g/mol. The predicted molar refractivity (Wildman–Crippen MR) is 83.4 cm³/mol. The Hall–Kier alpha value is -1.88. The molecule has 0 heterocycles. The van der Waals surface area contributed by atoms with Crippen molar-refractivity contribution in [1.82, 2.24) is 4.90 Å². The van der Waals surface area contributed by atoms with Crippen LogP contribution >= 0.6 is 0 Å². The maximum absolute atomic E-state index is 12.1. The number of hydrogen-bond acceptors (Lipinski definition) is 4. The van der Waals surface area contributed by atoms with Gasteiger partial charge in [-0.15, -0.1) is 0 Å². The van der Waals surface area contributed by atoms with Gasteiger partial charge in [-0.2, -0.15) is 0 Å². The summed E-state index contributed by atoms with van der Waals surface area (Å²) in [5.74, 6) is -0.408. The number of nitrogens with zero attached hydrogens (tertiary/aromatic N) is 1. The van der Waals surface area contributed by atoms with Crippen LogP contribution < -0.4 is 5.32 Å². The first-order chi connectivity index (χ1) is 10.0. The van der Waals surface area contributed by atoms with Crippen molar-refractivity contribution in [2.45, 2.75) is 33.7 Å². The zero-order valence-electron chi connectivity index (χ0n) is 13.2. The second-order valence-electron chi connectivity index (χ2n) is 4.68. The van der Waals surface area contributed by atoms with Crippen molar-refractivity contribution in [2.75, 3.05) is 25.0 Å². The molecule has 0 fully saturated rings. The number of anilines is 1. The van der Waals surface area contributed by atoms with Crippen LogP contribution in [0.15, 0.2) is 24.3 Å². The van der Waals surface area contributed by atoms with Crippen molar-refractivity contribution in [3.63, 3.8) is 0 Å².